The van der Waals surface area contributed by atoms with E-state index in [2.05, 4.69) is 35.2 Å². The number of anilines is 1. The topological polar surface area (TPSA) is 95.8 Å². The minimum absolute atomic E-state index is 0.170. The molecular formula is C34H36N6O3. The summed E-state index contributed by atoms with van der Waals surface area (Å²) in [6.45, 7) is 9.24. The fourth-order valence-corrected chi connectivity index (χ4v) is 5.32. The molecule has 0 unspecified atom stereocenters. The normalized spacial score (nSPS) is 14.2. The highest BCUT2D eigenvalue weighted by Gasteiger charge is 2.18. The first-order valence-corrected chi connectivity index (χ1v) is 14.5. The predicted octanol–water partition coefficient (Wildman–Crippen LogP) is 5.75. The zero-order valence-corrected chi connectivity index (χ0v) is 25.0. The maximum atomic E-state index is 13.3. The Bertz CT molecular complexity index is 1790. The van der Waals surface area contributed by atoms with Gasteiger partial charge in [0.1, 0.15) is 17.0 Å². The van der Waals surface area contributed by atoms with E-state index in [1.54, 1.807) is 36.4 Å². The number of nitrogens with zero attached hydrogens (tertiary/aromatic N) is 5. The van der Waals surface area contributed by atoms with E-state index in [1.807, 2.05) is 49.0 Å². The summed E-state index contributed by atoms with van der Waals surface area (Å²) >= 11 is 0. The molecule has 0 bridgehead atoms. The van der Waals surface area contributed by atoms with Gasteiger partial charge >= 0.3 is 0 Å². The van der Waals surface area contributed by atoms with Crippen molar-refractivity contribution >= 4 is 22.6 Å². The lowest BCUT2D eigenvalue weighted by atomic mass is 10.1. The van der Waals surface area contributed by atoms with Crippen LogP contribution in [-0.4, -0.2) is 68.6 Å². The molecule has 0 atom stereocenters. The minimum Gasteiger partial charge on any atom is -0.508 e. The van der Waals surface area contributed by atoms with Crippen molar-refractivity contribution in [3.05, 3.63) is 95.2 Å². The summed E-state index contributed by atoms with van der Waals surface area (Å²) in [4.78, 5) is 27.6. The number of rotatable bonds is 7. The molecule has 1 saturated heterocycles. The van der Waals surface area contributed by atoms with Crippen LogP contribution in [0, 0.1) is 13.8 Å². The highest BCUT2D eigenvalue weighted by molar-refractivity contribution is 6.04. The second-order valence-electron chi connectivity index (χ2n) is 11.3. The van der Waals surface area contributed by atoms with Gasteiger partial charge in [0.2, 0.25) is 5.88 Å². The van der Waals surface area contributed by atoms with Crippen LogP contribution in [-0.2, 0) is 13.6 Å². The van der Waals surface area contributed by atoms with Gasteiger partial charge in [-0.25, -0.2) is 4.98 Å². The van der Waals surface area contributed by atoms with Gasteiger partial charge in [-0.2, -0.15) is 4.98 Å². The molecule has 1 aliphatic rings. The van der Waals surface area contributed by atoms with Crippen LogP contribution in [0.15, 0.2) is 72.9 Å². The van der Waals surface area contributed by atoms with Crippen LogP contribution < -0.4 is 10.1 Å². The highest BCUT2D eigenvalue weighted by atomic mass is 16.5. The lowest BCUT2D eigenvalue weighted by Crippen LogP contribution is -2.43. The Kier molecular flexibility index (Phi) is 7.84. The molecule has 3 heterocycles. The summed E-state index contributed by atoms with van der Waals surface area (Å²) in [6, 6.07) is 20.2. The Morgan fingerprint density at radius 3 is 2.42 bits per heavy atom. The number of amides is 1. The third kappa shape index (κ3) is 6.23. The molecular weight excluding hydrogens is 540 g/mol. The number of fused-ring (bicyclic) bond motifs is 1. The molecule has 1 amide bonds. The molecule has 220 valence electrons. The van der Waals surface area contributed by atoms with Gasteiger partial charge in [-0.3, -0.25) is 9.69 Å². The van der Waals surface area contributed by atoms with Crippen LogP contribution in [0.1, 0.15) is 27.0 Å². The molecule has 9 nitrogen and oxygen atoms in total. The molecule has 0 aliphatic carbocycles. The van der Waals surface area contributed by atoms with Crippen molar-refractivity contribution in [2.45, 2.75) is 20.4 Å². The number of phenolic OH excluding ortho intramolecular Hbond substituents is 1. The Morgan fingerprint density at radius 1 is 0.907 bits per heavy atom. The van der Waals surface area contributed by atoms with Gasteiger partial charge in [0.15, 0.2) is 5.82 Å². The third-order valence-electron chi connectivity index (χ3n) is 8.06. The van der Waals surface area contributed by atoms with Crippen LogP contribution in [0.25, 0.3) is 22.4 Å². The van der Waals surface area contributed by atoms with Crippen molar-refractivity contribution in [3.8, 4) is 28.8 Å². The smallest absolute Gasteiger partial charge is 0.255 e. The Morgan fingerprint density at radius 2 is 1.67 bits per heavy atom. The van der Waals surface area contributed by atoms with Gasteiger partial charge in [0.05, 0.1) is 5.52 Å². The van der Waals surface area contributed by atoms with E-state index in [0.717, 1.165) is 66.1 Å². The molecule has 0 radical (unpaired) electrons. The number of aryl methyl sites for hydroxylation is 3. The van der Waals surface area contributed by atoms with Crippen LogP contribution in [0.2, 0.25) is 0 Å². The Hall–Kier alpha value is -4.73. The van der Waals surface area contributed by atoms with Crippen molar-refractivity contribution in [2.24, 2.45) is 7.05 Å². The number of phenols is 1. The summed E-state index contributed by atoms with van der Waals surface area (Å²) in [6.07, 6.45) is 1.90. The van der Waals surface area contributed by atoms with E-state index < -0.39 is 0 Å². The zero-order valence-electron chi connectivity index (χ0n) is 25.0. The molecule has 0 saturated carbocycles. The number of nitrogens with one attached hydrogen (secondary N) is 1. The first kappa shape index (κ1) is 28.4. The number of hydrogen-bond acceptors (Lipinski definition) is 7. The lowest BCUT2D eigenvalue weighted by Gasteiger charge is -2.32. The fourth-order valence-electron chi connectivity index (χ4n) is 5.32. The number of carbonyl (C=O) groups is 1. The summed E-state index contributed by atoms with van der Waals surface area (Å²) in [5.74, 6) is 1.35. The summed E-state index contributed by atoms with van der Waals surface area (Å²) in [5.41, 5.74) is 6.76. The van der Waals surface area contributed by atoms with E-state index in [9.17, 15) is 9.90 Å². The van der Waals surface area contributed by atoms with E-state index >= 15 is 0 Å². The summed E-state index contributed by atoms with van der Waals surface area (Å²) in [5, 5.41) is 12.8. The summed E-state index contributed by atoms with van der Waals surface area (Å²) in [7, 11) is 4.07. The van der Waals surface area contributed by atoms with Gasteiger partial charge in [-0.05, 0) is 92.2 Å². The lowest BCUT2D eigenvalue weighted by molar-refractivity contribution is 0.102. The molecule has 1 aliphatic heterocycles. The van der Waals surface area contributed by atoms with E-state index in [4.69, 9.17) is 14.7 Å². The number of ether oxygens (including phenoxy) is 1. The molecule has 9 heteroatoms. The van der Waals surface area contributed by atoms with Crippen LogP contribution in [0.3, 0.4) is 0 Å². The zero-order chi connectivity index (χ0) is 30.1. The van der Waals surface area contributed by atoms with E-state index in [-0.39, 0.29) is 11.7 Å². The SMILES string of the molecule is Cc1cc(NC(=O)c2ccc(C)c(Oc3nc(-c4ccc(O)cc4)nc4ccn(C)c34)c2)ccc1CN1CCN(C)CC1. The van der Waals surface area contributed by atoms with E-state index in [1.165, 1.54) is 5.56 Å². The van der Waals surface area contributed by atoms with Crippen molar-refractivity contribution < 1.29 is 14.6 Å². The van der Waals surface area contributed by atoms with Crippen molar-refractivity contribution in [3.63, 3.8) is 0 Å². The molecule has 6 rings (SSSR count). The van der Waals surface area contributed by atoms with E-state index in [0.29, 0.717) is 23.0 Å². The third-order valence-corrected chi connectivity index (χ3v) is 8.06. The van der Waals surface area contributed by atoms with Crippen LogP contribution in [0.5, 0.6) is 17.4 Å². The molecule has 3 aromatic carbocycles. The first-order chi connectivity index (χ1) is 20.7. The van der Waals surface area contributed by atoms with Gasteiger partial charge in [-0.1, -0.05) is 12.1 Å². The number of aromatic hydroxyl groups is 1. The quantitative estimate of drug-likeness (QED) is 0.255. The van der Waals surface area contributed by atoms with Crippen LogP contribution in [0.4, 0.5) is 5.69 Å². The number of aromatic nitrogens is 3. The van der Waals surface area contributed by atoms with Crippen molar-refractivity contribution in [1.82, 2.24) is 24.3 Å². The number of piperazine rings is 1. The number of likely N-dealkylation sites (N-methyl/N-ethyl adjacent to an activating group) is 1. The molecule has 2 aromatic heterocycles. The number of carbonyl (C=O) groups excluding carboxylic acids is 1. The maximum absolute atomic E-state index is 13.3. The molecule has 1 fully saturated rings. The van der Waals surface area contributed by atoms with Gasteiger partial charge in [-0.15, -0.1) is 0 Å². The van der Waals surface area contributed by atoms with Gasteiger partial charge in [0.25, 0.3) is 5.91 Å². The monoisotopic (exact) mass is 576 g/mol. The predicted molar refractivity (Wildman–Crippen MR) is 169 cm³/mol. The van der Waals surface area contributed by atoms with Gasteiger partial charge < -0.3 is 24.6 Å². The highest BCUT2D eigenvalue weighted by Crippen LogP contribution is 2.33. The molecule has 2 N–H and O–H groups in total. The maximum Gasteiger partial charge on any atom is 0.255 e. The van der Waals surface area contributed by atoms with Crippen molar-refractivity contribution in [2.75, 3.05) is 38.5 Å². The van der Waals surface area contributed by atoms with Gasteiger partial charge in [0, 0.05) is 62.8 Å². The standard InChI is InChI=1S/C34H36N6O3/c1-22-5-6-25(33(42)35-27-10-7-26(23(2)19-27)21-40-17-15-38(3)16-18-40)20-30(22)43-34-31-29(13-14-39(31)4)36-32(37-34)24-8-11-28(41)12-9-24/h5-14,19-20,41H,15-18,21H2,1-4H3,(H,35,42). The average Bonchev–Trinajstić information content (AvgIpc) is 3.37. The fraction of sp³-hybridized carbons (Fsp3) is 0.265. The number of hydrogen-bond donors (Lipinski definition) is 2. The largest absolute Gasteiger partial charge is 0.508 e. The average molecular weight is 577 g/mol. The molecule has 0 spiro atoms. The Labute approximate surface area is 251 Å². The number of benzene rings is 3. The molecule has 43 heavy (non-hydrogen) atoms. The summed E-state index contributed by atoms with van der Waals surface area (Å²) < 4.78 is 8.30. The minimum atomic E-state index is -0.215. The first-order valence-electron chi connectivity index (χ1n) is 14.5. The molecule has 5 aromatic rings. The van der Waals surface area contributed by atoms with Crippen LogP contribution >= 0.6 is 0 Å². The second kappa shape index (κ2) is 11.9. The second-order valence-corrected chi connectivity index (χ2v) is 11.3. The Balaban J connectivity index is 1.22. The van der Waals surface area contributed by atoms with Crippen molar-refractivity contribution in [1.29, 1.82) is 0 Å².